The highest BCUT2D eigenvalue weighted by Gasteiger charge is 2.61. The van der Waals surface area contributed by atoms with Crippen molar-refractivity contribution in [3.63, 3.8) is 0 Å². The van der Waals surface area contributed by atoms with Crippen molar-refractivity contribution in [1.29, 1.82) is 0 Å². The number of rotatable bonds is 6. The molecule has 3 aliphatic carbocycles. The van der Waals surface area contributed by atoms with Crippen LogP contribution in [0.2, 0.25) is 0 Å². The van der Waals surface area contributed by atoms with Crippen LogP contribution in [0.3, 0.4) is 0 Å². The van der Waals surface area contributed by atoms with Crippen molar-refractivity contribution >= 4 is 5.97 Å². The van der Waals surface area contributed by atoms with Gasteiger partial charge in [0.1, 0.15) is 0 Å². The van der Waals surface area contributed by atoms with Crippen molar-refractivity contribution in [3.8, 4) is 0 Å². The lowest BCUT2D eigenvalue weighted by atomic mass is 9.43. The Kier molecular flexibility index (Phi) is 7.29. The number of carbonyl (C=O) groups is 1. The first-order valence-electron chi connectivity index (χ1n) is 12.6. The van der Waals surface area contributed by atoms with Crippen molar-refractivity contribution in [2.75, 3.05) is 0 Å². The highest BCUT2D eigenvalue weighted by atomic mass is 16.4. The molecule has 0 spiro atoms. The molecular weight excluding hydrogens is 376 g/mol. The Balaban J connectivity index is 1.87. The van der Waals surface area contributed by atoms with Gasteiger partial charge >= 0.3 is 5.97 Å². The number of fused-ring (bicyclic) bond motifs is 3. The highest BCUT2D eigenvalue weighted by molar-refractivity contribution is 5.66. The van der Waals surface area contributed by atoms with Gasteiger partial charge < -0.3 is 15.3 Å². The molecule has 3 rings (SSSR count). The molecule has 0 aliphatic heterocycles. The van der Waals surface area contributed by atoms with E-state index in [2.05, 4.69) is 34.6 Å². The molecule has 10 atom stereocenters. The first kappa shape index (κ1) is 24.0. The monoisotopic (exact) mass is 422 g/mol. The van der Waals surface area contributed by atoms with Gasteiger partial charge in [0, 0.05) is 6.42 Å². The van der Waals surface area contributed by atoms with Gasteiger partial charge in [-0.25, -0.2) is 0 Å². The van der Waals surface area contributed by atoms with Crippen molar-refractivity contribution < 1.29 is 20.1 Å². The van der Waals surface area contributed by atoms with Gasteiger partial charge in [0.15, 0.2) is 0 Å². The van der Waals surface area contributed by atoms with Crippen LogP contribution in [0.15, 0.2) is 0 Å². The van der Waals surface area contributed by atoms with Crippen LogP contribution in [0.4, 0.5) is 0 Å². The van der Waals surface area contributed by atoms with E-state index < -0.39 is 5.97 Å². The lowest BCUT2D eigenvalue weighted by molar-refractivity contribution is -0.204. The largest absolute Gasteiger partial charge is 0.481 e. The fraction of sp³-hybridized carbons (Fsp3) is 0.962. The fourth-order valence-corrected chi connectivity index (χ4v) is 8.34. The Morgan fingerprint density at radius 1 is 1.13 bits per heavy atom. The number of aliphatic carboxylic acids is 1. The average Bonchev–Trinajstić information content (AvgIpc) is 2.81. The Morgan fingerprint density at radius 2 is 1.83 bits per heavy atom. The topological polar surface area (TPSA) is 77.8 Å². The zero-order valence-electron chi connectivity index (χ0n) is 19.9. The lowest BCUT2D eigenvalue weighted by Crippen LogP contribution is -2.62. The molecule has 4 heteroatoms. The van der Waals surface area contributed by atoms with Crippen LogP contribution in [0, 0.1) is 46.3 Å². The molecule has 3 N–H and O–H groups in total. The van der Waals surface area contributed by atoms with Crippen LogP contribution >= 0.6 is 0 Å². The van der Waals surface area contributed by atoms with E-state index in [9.17, 15) is 15.0 Å². The highest BCUT2D eigenvalue weighted by Crippen LogP contribution is 2.64. The van der Waals surface area contributed by atoms with E-state index in [0.29, 0.717) is 18.3 Å². The van der Waals surface area contributed by atoms with E-state index in [1.165, 1.54) is 25.7 Å². The van der Waals surface area contributed by atoms with Gasteiger partial charge in [0.05, 0.1) is 12.2 Å². The molecule has 30 heavy (non-hydrogen) atoms. The number of aliphatic hydroxyl groups is 2. The molecule has 0 bridgehead atoms. The van der Waals surface area contributed by atoms with E-state index in [1.807, 2.05) is 0 Å². The molecule has 0 heterocycles. The number of carboxylic acid groups (broad SMARTS) is 1. The summed E-state index contributed by atoms with van der Waals surface area (Å²) in [7, 11) is 0. The van der Waals surface area contributed by atoms with E-state index in [1.54, 1.807) is 0 Å². The smallest absolute Gasteiger partial charge is 0.303 e. The summed E-state index contributed by atoms with van der Waals surface area (Å²) in [5.74, 6) is 1.69. The molecule has 4 nitrogen and oxygen atoms in total. The van der Waals surface area contributed by atoms with Gasteiger partial charge in [-0.05, 0) is 84.9 Å². The van der Waals surface area contributed by atoms with Gasteiger partial charge in [-0.2, -0.15) is 0 Å². The standard InChI is InChI=1S/C26H46O4/c1-6-18(10-7-11-23(29)30)26(5)17(3)24-20(15-22(26)28)25(4)12-8-9-16(2)13-19(25)14-21(24)27/h16-22,24,27-28H,6-15H2,1-5H3,(H,29,30). The molecule has 0 saturated heterocycles. The second-order valence-electron chi connectivity index (χ2n) is 11.7. The Morgan fingerprint density at radius 3 is 2.47 bits per heavy atom. The summed E-state index contributed by atoms with van der Waals surface area (Å²) in [6, 6.07) is 0. The van der Waals surface area contributed by atoms with E-state index in [-0.39, 0.29) is 47.2 Å². The van der Waals surface area contributed by atoms with Crippen molar-refractivity contribution in [1.82, 2.24) is 0 Å². The average molecular weight is 423 g/mol. The maximum atomic E-state index is 11.6. The maximum absolute atomic E-state index is 11.6. The van der Waals surface area contributed by atoms with Crippen LogP contribution < -0.4 is 0 Å². The predicted octanol–water partition coefficient (Wildman–Crippen LogP) is 5.50. The summed E-state index contributed by atoms with van der Waals surface area (Å²) in [5, 5.41) is 32.0. The zero-order valence-corrected chi connectivity index (χ0v) is 19.9. The molecule has 0 radical (unpaired) electrons. The summed E-state index contributed by atoms with van der Waals surface area (Å²) in [6.07, 6.45) is 8.68. The molecule has 3 fully saturated rings. The fourth-order valence-electron chi connectivity index (χ4n) is 8.34. The second-order valence-corrected chi connectivity index (χ2v) is 11.7. The van der Waals surface area contributed by atoms with Crippen LogP contribution in [-0.4, -0.2) is 33.5 Å². The minimum Gasteiger partial charge on any atom is -0.481 e. The lowest BCUT2D eigenvalue weighted by Gasteiger charge is -2.63. The number of aliphatic hydroxyl groups excluding tert-OH is 2. The quantitative estimate of drug-likeness (QED) is 0.528. The molecule has 10 unspecified atom stereocenters. The molecule has 0 amide bonds. The molecule has 0 aromatic carbocycles. The van der Waals surface area contributed by atoms with Gasteiger partial charge in [-0.3, -0.25) is 4.79 Å². The van der Waals surface area contributed by atoms with Crippen LogP contribution in [-0.2, 0) is 4.79 Å². The minimum atomic E-state index is -0.739. The second kappa shape index (κ2) is 9.10. The summed E-state index contributed by atoms with van der Waals surface area (Å²) in [4.78, 5) is 11.0. The summed E-state index contributed by atoms with van der Waals surface area (Å²) in [6.45, 7) is 11.5. The number of carboxylic acids is 1. The first-order valence-corrected chi connectivity index (χ1v) is 12.6. The number of hydrogen-bond acceptors (Lipinski definition) is 3. The van der Waals surface area contributed by atoms with Crippen molar-refractivity contribution in [3.05, 3.63) is 0 Å². The molecule has 0 aromatic heterocycles. The van der Waals surface area contributed by atoms with Crippen molar-refractivity contribution in [2.45, 2.75) is 111 Å². The van der Waals surface area contributed by atoms with Crippen LogP contribution in [0.25, 0.3) is 0 Å². The SMILES string of the molecule is CCC(CCCC(=O)O)C1(C)C(O)CC2C(C(O)CC3CC(C)CCCC32C)C1C. The Labute approximate surface area is 183 Å². The summed E-state index contributed by atoms with van der Waals surface area (Å²) in [5.41, 5.74) is -0.0487. The van der Waals surface area contributed by atoms with Gasteiger partial charge in [0.25, 0.3) is 0 Å². The Hall–Kier alpha value is -0.610. The molecule has 3 saturated carbocycles. The zero-order chi connectivity index (χ0) is 22.3. The summed E-state index contributed by atoms with van der Waals surface area (Å²) >= 11 is 0. The molecule has 0 aromatic rings. The van der Waals surface area contributed by atoms with Gasteiger partial charge in [-0.15, -0.1) is 0 Å². The third-order valence-corrected chi connectivity index (χ3v) is 10.4. The molecule has 3 aliphatic rings. The van der Waals surface area contributed by atoms with E-state index in [0.717, 1.165) is 31.6 Å². The molecule has 174 valence electrons. The summed E-state index contributed by atoms with van der Waals surface area (Å²) < 4.78 is 0. The Bertz CT molecular complexity index is 606. The van der Waals surface area contributed by atoms with Crippen LogP contribution in [0.5, 0.6) is 0 Å². The van der Waals surface area contributed by atoms with Crippen molar-refractivity contribution in [2.24, 2.45) is 46.3 Å². The normalized spacial score (nSPS) is 47.6. The number of hydrogen-bond donors (Lipinski definition) is 3. The minimum absolute atomic E-state index is 0.198. The molecular formula is C26H46O4. The van der Waals surface area contributed by atoms with Crippen LogP contribution in [0.1, 0.15) is 98.8 Å². The first-order chi connectivity index (χ1) is 14.1. The van der Waals surface area contributed by atoms with Gasteiger partial charge in [-0.1, -0.05) is 53.9 Å². The van der Waals surface area contributed by atoms with E-state index in [4.69, 9.17) is 5.11 Å². The third-order valence-electron chi connectivity index (χ3n) is 10.4. The predicted molar refractivity (Wildman–Crippen MR) is 120 cm³/mol. The maximum Gasteiger partial charge on any atom is 0.303 e. The van der Waals surface area contributed by atoms with E-state index >= 15 is 0 Å². The third kappa shape index (κ3) is 4.08. The van der Waals surface area contributed by atoms with Gasteiger partial charge in [0.2, 0.25) is 0 Å².